The molecule has 3 rings (SSSR count). The highest BCUT2D eigenvalue weighted by Crippen LogP contribution is 2.31. The van der Waals surface area contributed by atoms with Gasteiger partial charge in [-0.05, 0) is 46.9 Å². The van der Waals surface area contributed by atoms with E-state index in [1.807, 2.05) is 28.7 Å². The minimum atomic E-state index is -0.247. The molecule has 0 spiro atoms. The van der Waals surface area contributed by atoms with Gasteiger partial charge >= 0.3 is 0 Å². The van der Waals surface area contributed by atoms with Crippen LogP contribution in [0, 0.1) is 3.57 Å². The minimum Gasteiger partial charge on any atom is -0.435 e. The molecule has 3 N–H and O–H groups in total. The summed E-state index contributed by atoms with van der Waals surface area (Å²) >= 11 is 1.89. The van der Waals surface area contributed by atoms with Gasteiger partial charge in [0.2, 0.25) is 5.88 Å². The van der Waals surface area contributed by atoms with Crippen molar-refractivity contribution in [3.05, 3.63) is 50.7 Å². The molecule has 0 aliphatic rings. The zero-order valence-corrected chi connectivity index (χ0v) is 12.3. The maximum absolute atomic E-state index is 11.5. The second-order valence-electron chi connectivity index (χ2n) is 4.01. The minimum absolute atomic E-state index is 0.242. The summed E-state index contributed by atoms with van der Waals surface area (Å²) in [6.45, 7) is 0. The molecule has 0 bridgehead atoms. The Hall–Kier alpha value is -2.16. The molecule has 7 heteroatoms. The quantitative estimate of drug-likeness (QED) is 0.526. The Balaban J connectivity index is 2.14. The molecular weight excluding hydrogens is 371 g/mol. The van der Waals surface area contributed by atoms with Crippen molar-refractivity contribution in [2.45, 2.75) is 0 Å². The number of nitrogens with two attached hydrogens (primary N) is 1. The van der Waals surface area contributed by atoms with Gasteiger partial charge in [0.1, 0.15) is 9.09 Å². The van der Waals surface area contributed by atoms with Crippen LogP contribution in [-0.4, -0.2) is 15.0 Å². The van der Waals surface area contributed by atoms with Gasteiger partial charge in [-0.1, -0.05) is 0 Å². The van der Waals surface area contributed by atoms with Gasteiger partial charge in [-0.2, -0.15) is 0 Å². The number of ether oxygens (including phenoxy) is 1. The molecule has 0 aliphatic heterocycles. The van der Waals surface area contributed by atoms with E-state index in [4.69, 9.17) is 10.5 Å². The van der Waals surface area contributed by atoms with E-state index in [9.17, 15) is 4.79 Å². The Labute approximate surface area is 127 Å². The van der Waals surface area contributed by atoms with Crippen molar-refractivity contribution in [1.82, 2.24) is 15.0 Å². The number of benzene rings is 1. The summed E-state index contributed by atoms with van der Waals surface area (Å²) in [5.41, 5.74) is 6.91. The fourth-order valence-corrected chi connectivity index (χ4v) is 2.20. The van der Waals surface area contributed by atoms with Crippen molar-refractivity contribution in [3.63, 3.8) is 0 Å². The molecule has 1 aromatic carbocycles. The van der Waals surface area contributed by atoms with Gasteiger partial charge in [0.25, 0.3) is 5.56 Å². The van der Waals surface area contributed by atoms with Gasteiger partial charge < -0.3 is 15.5 Å². The van der Waals surface area contributed by atoms with Crippen molar-refractivity contribution < 1.29 is 4.74 Å². The van der Waals surface area contributed by atoms with E-state index in [1.165, 1.54) is 6.33 Å². The second kappa shape index (κ2) is 5.08. The van der Waals surface area contributed by atoms with Crippen LogP contribution in [-0.2, 0) is 0 Å². The van der Waals surface area contributed by atoms with Crippen LogP contribution < -0.4 is 16.0 Å². The van der Waals surface area contributed by atoms with E-state index in [2.05, 4.69) is 15.0 Å². The largest absolute Gasteiger partial charge is 0.435 e. The van der Waals surface area contributed by atoms with Gasteiger partial charge in [-0.3, -0.25) is 9.78 Å². The van der Waals surface area contributed by atoms with Crippen LogP contribution in [0.4, 0.5) is 5.69 Å². The number of H-pyrrole nitrogens is 1. The zero-order valence-electron chi connectivity index (χ0n) is 10.1. The molecule has 2 aromatic heterocycles. The lowest BCUT2D eigenvalue weighted by molar-refractivity contribution is 0.460. The van der Waals surface area contributed by atoms with Crippen LogP contribution in [0.3, 0.4) is 0 Å². The van der Waals surface area contributed by atoms with Crippen LogP contribution in [0.2, 0.25) is 0 Å². The van der Waals surface area contributed by atoms with Crippen LogP contribution in [0.5, 0.6) is 11.6 Å². The van der Waals surface area contributed by atoms with Gasteiger partial charge in [-0.15, -0.1) is 0 Å². The van der Waals surface area contributed by atoms with Crippen molar-refractivity contribution >= 4 is 39.2 Å². The SMILES string of the molecule is Nc1ccc(Oc2nc[nH]c(=O)c2I)c2ncccc12. The Morgan fingerprint density at radius 3 is 2.95 bits per heavy atom. The molecule has 20 heavy (non-hydrogen) atoms. The second-order valence-corrected chi connectivity index (χ2v) is 5.08. The standard InChI is InChI=1S/C13H9IN4O2/c14-10-12(19)17-6-18-13(10)20-9-4-3-8(15)7-2-1-5-16-11(7)9/h1-6H,15H2,(H,17,18,19). The summed E-state index contributed by atoms with van der Waals surface area (Å²) in [6.07, 6.45) is 2.96. The van der Waals surface area contributed by atoms with Crippen molar-refractivity contribution in [2.24, 2.45) is 0 Å². The lowest BCUT2D eigenvalue weighted by atomic mass is 10.2. The van der Waals surface area contributed by atoms with E-state index in [0.717, 1.165) is 5.39 Å². The van der Waals surface area contributed by atoms with E-state index >= 15 is 0 Å². The van der Waals surface area contributed by atoms with Crippen molar-refractivity contribution in [1.29, 1.82) is 0 Å². The average molecular weight is 380 g/mol. The molecule has 0 atom stereocenters. The summed E-state index contributed by atoms with van der Waals surface area (Å²) in [5.74, 6) is 0.747. The number of halogens is 1. The summed E-state index contributed by atoms with van der Waals surface area (Å²) in [7, 11) is 0. The summed E-state index contributed by atoms with van der Waals surface area (Å²) in [6, 6.07) is 7.11. The van der Waals surface area contributed by atoms with Crippen LogP contribution in [0.25, 0.3) is 10.9 Å². The number of nitrogens with one attached hydrogen (secondary N) is 1. The molecule has 2 heterocycles. The third-order valence-electron chi connectivity index (χ3n) is 2.74. The predicted molar refractivity (Wildman–Crippen MR) is 83.8 cm³/mol. The Bertz CT molecular complexity index is 847. The van der Waals surface area contributed by atoms with Crippen molar-refractivity contribution in [2.75, 3.05) is 5.73 Å². The first-order chi connectivity index (χ1) is 9.66. The van der Waals surface area contributed by atoms with E-state index < -0.39 is 0 Å². The topological polar surface area (TPSA) is 93.9 Å². The number of fused-ring (bicyclic) bond motifs is 1. The molecule has 3 aromatic rings. The highest BCUT2D eigenvalue weighted by molar-refractivity contribution is 14.1. The van der Waals surface area contributed by atoms with E-state index in [-0.39, 0.29) is 11.4 Å². The number of anilines is 1. The monoisotopic (exact) mass is 380 g/mol. The predicted octanol–water partition coefficient (Wildman–Crippen LogP) is 2.30. The fraction of sp³-hybridized carbons (Fsp3) is 0. The Morgan fingerprint density at radius 1 is 1.25 bits per heavy atom. The first kappa shape index (κ1) is 12.9. The molecular formula is C13H9IN4O2. The van der Waals surface area contributed by atoms with Crippen LogP contribution in [0.15, 0.2) is 41.6 Å². The summed E-state index contributed by atoms with van der Waals surface area (Å²) in [4.78, 5) is 22.3. The molecule has 6 nitrogen and oxygen atoms in total. The number of rotatable bonds is 2. The molecule has 100 valence electrons. The molecule has 0 aliphatic carbocycles. The summed E-state index contributed by atoms with van der Waals surface area (Å²) < 4.78 is 6.08. The van der Waals surface area contributed by atoms with Gasteiger partial charge in [-0.25, -0.2) is 4.98 Å². The first-order valence-electron chi connectivity index (χ1n) is 5.71. The smallest absolute Gasteiger partial charge is 0.268 e. The third kappa shape index (κ3) is 2.20. The normalized spacial score (nSPS) is 10.7. The molecule has 0 saturated carbocycles. The molecule has 0 fully saturated rings. The maximum atomic E-state index is 11.5. The Kier molecular flexibility index (Phi) is 3.26. The highest BCUT2D eigenvalue weighted by Gasteiger charge is 2.11. The highest BCUT2D eigenvalue weighted by atomic mass is 127. The number of hydrogen-bond donors (Lipinski definition) is 2. The molecule has 0 radical (unpaired) electrons. The van der Waals surface area contributed by atoms with Gasteiger partial charge in [0.05, 0.1) is 6.33 Å². The van der Waals surface area contributed by atoms with Crippen LogP contribution in [0.1, 0.15) is 0 Å². The number of pyridine rings is 1. The van der Waals surface area contributed by atoms with Gasteiger partial charge in [0, 0.05) is 17.3 Å². The van der Waals surface area contributed by atoms with Crippen LogP contribution >= 0.6 is 22.6 Å². The number of aromatic amines is 1. The lowest BCUT2D eigenvalue weighted by Gasteiger charge is -2.09. The maximum Gasteiger partial charge on any atom is 0.268 e. The number of nitrogen functional groups attached to an aromatic ring is 1. The third-order valence-corrected chi connectivity index (χ3v) is 3.69. The Morgan fingerprint density at radius 2 is 2.10 bits per heavy atom. The number of nitrogens with zero attached hydrogens (tertiary/aromatic N) is 2. The lowest BCUT2D eigenvalue weighted by Crippen LogP contribution is -2.11. The van der Waals surface area contributed by atoms with Crippen molar-refractivity contribution in [3.8, 4) is 11.6 Å². The van der Waals surface area contributed by atoms with E-state index in [0.29, 0.717) is 20.5 Å². The fourth-order valence-electron chi connectivity index (χ4n) is 1.79. The summed E-state index contributed by atoms with van der Waals surface area (Å²) in [5, 5.41) is 0.796. The van der Waals surface area contributed by atoms with E-state index in [1.54, 1.807) is 24.4 Å². The molecule has 0 amide bonds. The van der Waals surface area contributed by atoms with Gasteiger partial charge in [0.15, 0.2) is 5.75 Å². The first-order valence-corrected chi connectivity index (χ1v) is 6.79. The number of hydrogen-bond acceptors (Lipinski definition) is 5. The molecule has 0 saturated heterocycles. The average Bonchev–Trinajstić information content (AvgIpc) is 2.47. The number of aromatic nitrogens is 3. The molecule has 0 unspecified atom stereocenters. The zero-order chi connectivity index (χ0) is 14.1.